The highest BCUT2D eigenvalue weighted by Crippen LogP contribution is 2.29. The third-order valence-corrected chi connectivity index (χ3v) is 4.31. The minimum Gasteiger partial charge on any atom is -0.350 e. The van der Waals surface area contributed by atoms with E-state index in [2.05, 4.69) is 55.1 Å². The van der Waals surface area contributed by atoms with E-state index in [4.69, 9.17) is 0 Å². The van der Waals surface area contributed by atoms with Gasteiger partial charge in [-0.15, -0.1) is 11.3 Å². The molecule has 1 unspecified atom stereocenters. The van der Waals surface area contributed by atoms with Crippen LogP contribution in [0.1, 0.15) is 23.5 Å². The predicted molar refractivity (Wildman–Crippen MR) is 76.1 cm³/mol. The van der Waals surface area contributed by atoms with Crippen molar-refractivity contribution in [2.75, 3.05) is 46.2 Å². The summed E-state index contributed by atoms with van der Waals surface area (Å²) < 4.78 is 0. The summed E-state index contributed by atoms with van der Waals surface area (Å²) in [7, 11) is 8.28. The number of hydrogen-bond donors (Lipinski definition) is 1. The Hall–Kier alpha value is -0.650. The van der Waals surface area contributed by atoms with Crippen LogP contribution in [0.25, 0.3) is 0 Å². The van der Waals surface area contributed by atoms with Crippen molar-refractivity contribution in [2.24, 2.45) is 0 Å². The fourth-order valence-electron chi connectivity index (χ4n) is 1.54. The molecule has 0 aromatic carbocycles. The van der Waals surface area contributed by atoms with Crippen molar-refractivity contribution >= 4 is 16.5 Å². The second-order valence-corrected chi connectivity index (χ2v) is 5.69. The van der Waals surface area contributed by atoms with Crippen LogP contribution in [-0.4, -0.2) is 51.2 Å². The normalized spacial score (nSPS) is 13.1. The van der Waals surface area contributed by atoms with E-state index in [1.807, 2.05) is 7.05 Å². The Morgan fingerprint density at radius 1 is 1.29 bits per heavy atom. The first-order chi connectivity index (χ1) is 7.95. The van der Waals surface area contributed by atoms with E-state index in [0.717, 1.165) is 23.9 Å². The molecule has 0 aliphatic rings. The fourth-order valence-corrected chi connectivity index (χ4v) is 2.65. The average Bonchev–Trinajstić information content (AvgIpc) is 2.67. The van der Waals surface area contributed by atoms with Gasteiger partial charge in [-0.2, -0.15) is 0 Å². The van der Waals surface area contributed by atoms with Gasteiger partial charge < -0.3 is 15.1 Å². The maximum atomic E-state index is 4.64. The molecule has 0 spiro atoms. The van der Waals surface area contributed by atoms with Gasteiger partial charge in [-0.25, -0.2) is 4.98 Å². The average molecular weight is 256 g/mol. The molecule has 0 aliphatic carbocycles. The summed E-state index contributed by atoms with van der Waals surface area (Å²) in [6, 6.07) is 0.378. The number of nitrogens with one attached hydrogen (secondary N) is 1. The zero-order valence-corrected chi connectivity index (χ0v) is 12.6. The molecule has 0 saturated heterocycles. The Bertz CT molecular complexity index is 348. The van der Waals surface area contributed by atoms with E-state index in [1.54, 1.807) is 11.3 Å². The minimum absolute atomic E-state index is 0.378. The molecule has 0 bridgehead atoms. The van der Waals surface area contributed by atoms with Crippen molar-refractivity contribution in [3.8, 4) is 0 Å². The number of aromatic nitrogens is 1. The lowest BCUT2D eigenvalue weighted by atomic mass is 10.2. The Morgan fingerprint density at radius 2 is 1.94 bits per heavy atom. The zero-order chi connectivity index (χ0) is 13.0. The van der Waals surface area contributed by atoms with Crippen molar-refractivity contribution < 1.29 is 0 Å². The van der Waals surface area contributed by atoms with Crippen LogP contribution >= 0.6 is 11.3 Å². The molecule has 98 valence electrons. The van der Waals surface area contributed by atoms with Crippen LogP contribution in [0.5, 0.6) is 0 Å². The summed E-state index contributed by atoms with van der Waals surface area (Å²) in [5, 5.41) is 4.38. The molecule has 1 rings (SSSR count). The van der Waals surface area contributed by atoms with Crippen molar-refractivity contribution in [3.05, 3.63) is 10.6 Å². The van der Waals surface area contributed by atoms with Crippen LogP contribution in [0, 0.1) is 6.92 Å². The van der Waals surface area contributed by atoms with Crippen molar-refractivity contribution in [2.45, 2.75) is 19.9 Å². The summed E-state index contributed by atoms with van der Waals surface area (Å²) >= 11 is 1.79. The van der Waals surface area contributed by atoms with Crippen molar-refractivity contribution in [1.29, 1.82) is 0 Å². The Kier molecular flexibility index (Phi) is 5.36. The van der Waals surface area contributed by atoms with Gasteiger partial charge in [-0.1, -0.05) is 0 Å². The number of hydrogen-bond acceptors (Lipinski definition) is 5. The highest BCUT2D eigenvalue weighted by molar-refractivity contribution is 7.15. The van der Waals surface area contributed by atoms with E-state index < -0.39 is 0 Å². The topological polar surface area (TPSA) is 31.4 Å². The van der Waals surface area contributed by atoms with Gasteiger partial charge in [0, 0.05) is 31.1 Å². The van der Waals surface area contributed by atoms with E-state index in [9.17, 15) is 0 Å². The van der Waals surface area contributed by atoms with Crippen molar-refractivity contribution in [3.63, 3.8) is 0 Å². The molecular formula is C12H24N4S. The maximum Gasteiger partial charge on any atom is 0.185 e. The molecule has 4 nitrogen and oxygen atoms in total. The number of anilines is 1. The lowest BCUT2D eigenvalue weighted by molar-refractivity contribution is 0.416. The van der Waals surface area contributed by atoms with Gasteiger partial charge in [0.1, 0.15) is 0 Å². The molecule has 0 fully saturated rings. The van der Waals surface area contributed by atoms with Gasteiger partial charge >= 0.3 is 0 Å². The first-order valence-electron chi connectivity index (χ1n) is 5.96. The van der Waals surface area contributed by atoms with Gasteiger partial charge in [-0.3, -0.25) is 0 Å². The molecule has 1 atom stereocenters. The third kappa shape index (κ3) is 3.94. The molecule has 1 heterocycles. The van der Waals surface area contributed by atoms with Crippen LogP contribution < -0.4 is 10.2 Å². The molecule has 1 aromatic heterocycles. The molecular weight excluding hydrogens is 232 g/mol. The van der Waals surface area contributed by atoms with Gasteiger partial charge in [0.05, 0.1) is 5.69 Å². The van der Waals surface area contributed by atoms with Gasteiger partial charge in [0.2, 0.25) is 0 Å². The van der Waals surface area contributed by atoms with Crippen molar-refractivity contribution in [1.82, 2.24) is 15.2 Å². The molecule has 5 heteroatoms. The molecule has 0 aliphatic heterocycles. The molecule has 1 aromatic rings. The molecule has 17 heavy (non-hydrogen) atoms. The standard InChI is InChI=1S/C12H24N4S/c1-9(13-3)11-10(2)14-12(17-11)16(6)8-7-15(4)5/h9,13H,7-8H2,1-6H3. The monoisotopic (exact) mass is 256 g/mol. The quantitative estimate of drug-likeness (QED) is 0.840. The molecule has 0 amide bonds. The summed E-state index contributed by atoms with van der Waals surface area (Å²) in [5.74, 6) is 0. The summed E-state index contributed by atoms with van der Waals surface area (Å²) in [6.07, 6.45) is 0. The van der Waals surface area contributed by atoms with Crippen LogP contribution in [-0.2, 0) is 0 Å². The highest BCUT2D eigenvalue weighted by atomic mass is 32.1. The number of likely N-dealkylation sites (N-methyl/N-ethyl adjacent to an activating group) is 2. The largest absolute Gasteiger partial charge is 0.350 e. The Balaban J connectivity index is 2.71. The van der Waals surface area contributed by atoms with Gasteiger partial charge in [-0.05, 0) is 35.0 Å². The summed E-state index contributed by atoms with van der Waals surface area (Å²) in [6.45, 7) is 6.31. The highest BCUT2D eigenvalue weighted by Gasteiger charge is 2.14. The zero-order valence-electron chi connectivity index (χ0n) is 11.7. The van der Waals surface area contributed by atoms with Gasteiger partial charge in [0.15, 0.2) is 5.13 Å². The van der Waals surface area contributed by atoms with E-state index >= 15 is 0 Å². The Labute approximate surface area is 109 Å². The maximum absolute atomic E-state index is 4.64. The van der Waals surface area contributed by atoms with E-state index in [0.29, 0.717) is 6.04 Å². The number of nitrogens with zero attached hydrogens (tertiary/aromatic N) is 3. The van der Waals surface area contributed by atoms with E-state index in [1.165, 1.54) is 4.88 Å². The second kappa shape index (κ2) is 6.33. The molecule has 1 N–H and O–H groups in total. The number of thiazole rings is 1. The Morgan fingerprint density at radius 3 is 2.47 bits per heavy atom. The van der Waals surface area contributed by atoms with Crippen LogP contribution in [0.15, 0.2) is 0 Å². The third-order valence-electron chi connectivity index (χ3n) is 2.86. The number of rotatable bonds is 6. The minimum atomic E-state index is 0.378. The van der Waals surface area contributed by atoms with E-state index in [-0.39, 0.29) is 0 Å². The summed E-state index contributed by atoms with van der Waals surface area (Å²) in [5.41, 5.74) is 1.14. The second-order valence-electron chi connectivity index (χ2n) is 4.68. The SMILES string of the molecule is CNC(C)c1sc(N(C)CCN(C)C)nc1C. The predicted octanol–water partition coefficient (Wildman–Crippen LogP) is 1.73. The molecule has 0 radical (unpaired) electrons. The molecule has 0 saturated carbocycles. The first kappa shape index (κ1) is 14.4. The van der Waals surface area contributed by atoms with Crippen LogP contribution in [0.4, 0.5) is 5.13 Å². The van der Waals surface area contributed by atoms with Crippen LogP contribution in [0.3, 0.4) is 0 Å². The fraction of sp³-hybridized carbons (Fsp3) is 0.750. The lowest BCUT2D eigenvalue weighted by Gasteiger charge is -2.18. The summed E-state index contributed by atoms with van der Waals surface area (Å²) in [4.78, 5) is 10.4. The smallest absolute Gasteiger partial charge is 0.185 e. The first-order valence-corrected chi connectivity index (χ1v) is 6.77. The lowest BCUT2D eigenvalue weighted by Crippen LogP contribution is -2.28. The van der Waals surface area contributed by atoms with Crippen LogP contribution in [0.2, 0.25) is 0 Å². The number of aryl methyl sites for hydroxylation is 1. The van der Waals surface area contributed by atoms with Gasteiger partial charge in [0.25, 0.3) is 0 Å².